The van der Waals surface area contributed by atoms with Crippen molar-refractivity contribution in [2.24, 2.45) is 5.41 Å². The summed E-state index contributed by atoms with van der Waals surface area (Å²) in [6, 6.07) is 2.50. The Balaban J connectivity index is 2.69. The molecule has 0 aromatic carbocycles. The first-order chi connectivity index (χ1) is 8.42. The van der Waals surface area contributed by atoms with Crippen molar-refractivity contribution >= 4 is 11.6 Å². The molecule has 102 valence electrons. The Kier molecular flexibility index (Phi) is 6.10. The molecule has 0 saturated carbocycles. The topological polar surface area (TPSA) is 24.9 Å². The lowest BCUT2D eigenvalue weighted by Gasteiger charge is -2.27. The van der Waals surface area contributed by atoms with Gasteiger partial charge in [-0.15, -0.1) is 0 Å². The van der Waals surface area contributed by atoms with Gasteiger partial charge in [-0.05, 0) is 42.9 Å². The van der Waals surface area contributed by atoms with Gasteiger partial charge < -0.3 is 5.32 Å². The zero-order chi connectivity index (χ0) is 13.6. The quantitative estimate of drug-likeness (QED) is 0.841. The Morgan fingerprint density at radius 1 is 1.39 bits per heavy atom. The van der Waals surface area contributed by atoms with Gasteiger partial charge in [0.2, 0.25) is 0 Å². The van der Waals surface area contributed by atoms with E-state index in [2.05, 4.69) is 38.0 Å². The summed E-state index contributed by atoms with van der Waals surface area (Å²) < 4.78 is 0. The number of pyridine rings is 1. The smallest absolute Gasteiger partial charge is 0.0621 e. The van der Waals surface area contributed by atoms with Crippen LogP contribution in [0.25, 0.3) is 0 Å². The largest absolute Gasteiger partial charge is 0.314 e. The van der Waals surface area contributed by atoms with Crippen molar-refractivity contribution in [2.75, 3.05) is 6.54 Å². The monoisotopic (exact) mass is 268 g/mol. The zero-order valence-corrected chi connectivity index (χ0v) is 12.7. The molecular formula is C15H25ClN2. The van der Waals surface area contributed by atoms with Gasteiger partial charge in [-0.25, -0.2) is 0 Å². The highest BCUT2D eigenvalue weighted by Gasteiger charge is 2.19. The summed E-state index contributed by atoms with van der Waals surface area (Å²) in [6.07, 6.45) is 6.81. The maximum atomic E-state index is 6.18. The number of aromatic nitrogens is 1. The van der Waals surface area contributed by atoms with Crippen LogP contribution in [0.2, 0.25) is 5.02 Å². The molecular weight excluding hydrogens is 244 g/mol. The van der Waals surface area contributed by atoms with Gasteiger partial charge >= 0.3 is 0 Å². The molecule has 1 aromatic rings. The maximum Gasteiger partial charge on any atom is 0.0621 e. The second kappa shape index (κ2) is 7.10. The average Bonchev–Trinajstić information content (AvgIpc) is 2.27. The molecule has 3 heteroatoms. The summed E-state index contributed by atoms with van der Waals surface area (Å²) in [7, 11) is 0. The van der Waals surface area contributed by atoms with Crippen LogP contribution in [-0.2, 0) is 6.42 Å². The fourth-order valence-electron chi connectivity index (χ4n) is 2.14. The van der Waals surface area contributed by atoms with E-state index in [1.807, 2.05) is 12.3 Å². The third-order valence-electron chi connectivity index (χ3n) is 2.86. The minimum Gasteiger partial charge on any atom is -0.314 e. The molecule has 1 aromatic heterocycles. The Bertz CT molecular complexity index is 358. The number of nitrogens with one attached hydrogen (secondary N) is 1. The standard InChI is InChI=1S/C15H25ClN2/c1-5-7-18-13(10-15(2,3)4)9-12-6-8-17-11-14(12)16/h6,8,11,13,18H,5,7,9-10H2,1-4H3. The van der Waals surface area contributed by atoms with Crippen LogP contribution in [-0.4, -0.2) is 17.6 Å². The van der Waals surface area contributed by atoms with Crippen molar-refractivity contribution in [3.05, 3.63) is 29.0 Å². The summed E-state index contributed by atoms with van der Waals surface area (Å²) in [5, 5.41) is 4.40. The van der Waals surface area contributed by atoms with Crippen LogP contribution < -0.4 is 5.32 Å². The molecule has 1 N–H and O–H groups in total. The molecule has 0 aliphatic heterocycles. The summed E-state index contributed by atoms with van der Waals surface area (Å²) in [5.41, 5.74) is 1.51. The van der Waals surface area contributed by atoms with Gasteiger partial charge in [-0.3, -0.25) is 4.98 Å². The third kappa shape index (κ3) is 5.83. The molecule has 0 radical (unpaired) electrons. The molecule has 18 heavy (non-hydrogen) atoms. The van der Waals surface area contributed by atoms with E-state index in [0.717, 1.165) is 30.8 Å². The SMILES string of the molecule is CCCNC(Cc1ccncc1Cl)CC(C)(C)C. The Morgan fingerprint density at radius 3 is 2.67 bits per heavy atom. The molecule has 0 bridgehead atoms. The summed E-state index contributed by atoms with van der Waals surface area (Å²) >= 11 is 6.18. The summed E-state index contributed by atoms with van der Waals surface area (Å²) in [4.78, 5) is 4.04. The highest BCUT2D eigenvalue weighted by Crippen LogP contribution is 2.24. The lowest BCUT2D eigenvalue weighted by atomic mass is 9.86. The van der Waals surface area contributed by atoms with Crippen LogP contribution in [0.5, 0.6) is 0 Å². The van der Waals surface area contributed by atoms with Crippen molar-refractivity contribution in [1.82, 2.24) is 10.3 Å². The molecule has 0 saturated heterocycles. The molecule has 1 heterocycles. The molecule has 1 unspecified atom stereocenters. The van der Waals surface area contributed by atoms with Crippen molar-refractivity contribution in [3.63, 3.8) is 0 Å². The first-order valence-electron chi connectivity index (χ1n) is 6.74. The Hall–Kier alpha value is -0.600. The van der Waals surface area contributed by atoms with E-state index in [0.29, 0.717) is 11.5 Å². The second-order valence-corrected chi connectivity index (χ2v) is 6.49. The predicted molar refractivity (Wildman–Crippen MR) is 79.1 cm³/mol. The molecule has 0 aliphatic rings. The number of nitrogens with zero attached hydrogens (tertiary/aromatic N) is 1. The lowest BCUT2D eigenvalue weighted by molar-refractivity contribution is 0.306. The number of rotatable bonds is 6. The van der Waals surface area contributed by atoms with Crippen LogP contribution in [0.3, 0.4) is 0 Å². The van der Waals surface area contributed by atoms with Gasteiger partial charge in [-0.1, -0.05) is 39.3 Å². The number of halogens is 1. The minimum atomic E-state index is 0.324. The molecule has 1 atom stereocenters. The van der Waals surface area contributed by atoms with Crippen LogP contribution >= 0.6 is 11.6 Å². The molecule has 2 nitrogen and oxygen atoms in total. The first kappa shape index (κ1) is 15.5. The number of hydrogen-bond acceptors (Lipinski definition) is 2. The molecule has 0 amide bonds. The number of hydrogen-bond donors (Lipinski definition) is 1. The molecule has 0 aliphatic carbocycles. The van der Waals surface area contributed by atoms with Crippen LogP contribution in [0.1, 0.15) is 46.1 Å². The van der Waals surface area contributed by atoms with Crippen molar-refractivity contribution in [1.29, 1.82) is 0 Å². The maximum absolute atomic E-state index is 6.18. The van der Waals surface area contributed by atoms with Gasteiger partial charge in [0.15, 0.2) is 0 Å². The van der Waals surface area contributed by atoms with Crippen molar-refractivity contribution in [2.45, 2.75) is 53.0 Å². The van der Waals surface area contributed by atoms with E-state index in [4.69, 9.17) is 11.6 Å². The Morgan fingerprint density at radius 2 is 2.11 bits per heavy atom. The zero-order valence-electron chi connectivity index (χ0n) is 12.0. The molecule has 1 rings (SSSR count). The fourth-order valence-corrected chi connectivity index (χ4v) is 2.34. The van der Waals surface area contributed by atoms with Gasteiger partial charge in [-0.2, -0.15) is 0 Å². The van der Waals surface area contributed by atoms with Gasteiger partial charge in [0.05, 0.1) is 5.02 Å². The van der Waals surface area contributed by atoms with E-state index < -0.39 is 0 Å². The van der Waals surface area contributed by atoms with E-state index in [1.54, 1.807) is 6.20 Å². The normalized spacial score (nSPS) is 13.6. The predicted octanol–water partition coefficient (Wildman–Crippen LogP) is 4.08. The van der Waals surface area contributed by atoms with Crippen LogP contribution in [0, 0.1) is 5.41 Å². The van der Waals surface area contributed by atoms with E-state index in [-0.39, 0.29) is 0 Å². The molecule has 0 spiro atoms. The van der Waals surface area contributed by atoms with Gasteiger partial charge in [0.1, 0.15) is 0 Å². The highest BCUT2D eigenvalue weighted by atomic mass is 35.5. The average molecular weight is 269 g/mol. The lowest BCUT2D eigenvalue weighted by Crippen LogP contribution is -2.35. The second-order valence-electron chi connectivity index (χ2n) is 6.09. The minimum absolute atomic E-state index is 0.324. The summed E-state index contributed by atoms with van der Waals surface area (Å²) in [6.45, 7) is 10.1. The third-order valence-corrected chi connectivity index (χ3v) is 3.20. The van der Waals surface area contributed by atoms with Gasteiger partial charge in [0.25, 0.3) is 0 Å². The highest BCUT2D eigenvalue weighted by molar-refractivity contribution is 6.31. The summed E-state index contributed by atoms with van der Waals surface area (Å²) in [5.74, 6) is 0. The fraction of sp³-hybridized carbons (Fsp3) is 0.667. The van der Waals surface area contributed by atoms with Gasteiger partial charge in [0, 0.05) is 18.4 Å². The van der Waals surface area contributed by atoms with E-state index >= 15 is 0 Å². The van der Waals surface area contributed by atoms with E-state index in [9.17, 15) is 0 Å². The van der Waals surface area contributed by atoms with Crippen LogP contribution in [0.15, 0.2) is 18.5 Å². The van der Waals surface area contributed by atoms with Crippen LogP contribution in [0.4, 0.5) is 0 Å². The Labute approximate surface area is 116 Å². The van der Waals surface area contributed by atoms with E-state index in [1.165, 1.54) is 5.56 Å². The van der Waals surface area contributed by atoms with Crippen molar-refractivity contribution in [3.8, 4) is 0 Å². The first-order valence-corrected chi connectivity index (χ1v) is 7.12. The molecule has 0 fully saturated rings. The van der Waals surface area contributed by atoms with Crippen molar-refractivity contribution < 1.29 is 0 Å².